The van der Waals surface area contributed by atoms with Crippen LogP contribution in [-0.2, 0) is 6.54 Å². The highest BCUT2D eigenvalue weighted by atomic mass is 16.5. The van der Waals surface area contributed by atoms with Crippen LogP contribution in [0.15, 0.2) is 48.5 Å². The maximum atomic E-state index is 10.2. The lowest BCUT2D eigenvalue weighted by Gasteiger charge is -2.21. The molecule has 2 N–H and O–H groups in total. The van der Waals surface area contributed by atoms with Crippen molar-refractivity contribution in [2.45, 2.75) is 12.6 Å². The number of hydrogen-bond acceptors (Lipinski definition) is 6. The van der Waals surface area contributed by atoms with Gasteiger partial charge in [-0.25, -0.2) is 0 Å². The van der Waals surface area contributed by atoms with E-state index in [0.29, 0.717) is 25.4 Å². The molecule has 0 aromatic heterocycles. The summed E-state index contributed by atoms with van der Waals surface area (Å²) < 4.78 is 16.1. The molecule has 0 fully saturated rings. The molecule has 2 aromatic carbocycles. The molecular formula is C20H27NO5. The summed E-state index contributed by atoms with van der Waals surface area (Å²) in [7, 11) is 3.55. The van der Waals surface area contributed by atoms with Gasteiger partial charge in [0.15, 0.2) is 0 Å². The molecule has 0 spiro atoms. The monoisotopic (exact) mass is 361 g/mol. The summed E-state index contributed by atoms with van der Waals surface area (Å²) in [5.74, 6) is 2.13. The maximum absolute atomic E-state index is 10.2. The Morgan fingerprint density at radius 1 is 1.00 bits per heavy atom. The molecular weight excluding hydrogens is 334 g/mol. The Labute approximate surface area is 154 Å². The molecule has 0 radical (unpaired) electrons. The van der Waals surface area contributed by atoms with E-state index >= 15 is 0 Å². The Kier molecular flexibility index (Phi) is 8.21. The topological polar surface area (TPSA) is 71.4 Å². The first-order chi connectivity index (χ1) is 12.6. The van der Waals surface area contributed by atoms with Crippen molar-refractivity contribution in [1.29, 1.82) is 0 Å². The minimum absolute atomic E-state index is 0.000210. The van der Waals surface area contributed by atoms with Gasteiger partial charge in [-0.2, -0.15) is 0 Å². The third-order valence-corrected chi connectivity index (χ3v) is 3.74. The molecule has 0 amide bonds. The zero-order chi connectivity index (χ0) is 18.8. The number of benzene rings is 2. The molecule has 0 saturated carbocycles. The SMILES string of the molecule is COc1cccc(OC[C@@H](O)CN(C)Cc2ccc(OCCO)cc2)c1. The zero-order valence-corrected chi connectivity index (χ0v) is 15.3. The number of aliphatic hydroxyl groups is 2. The van der Waals surface area contributed by atoms with Crippen LogP contribution in [0.2, 0.25) is 0 Å². The molecule has 0 aliphatic carbocycles. The van der Waals surface area contributed by atoms with Crippen molar-refractivity contribution in [3.63, 3.8) is 0 Å². The van der Waals surface area contributed by atoms with E-state index in [1.165, 1.54) is 0 Å². The van der Waals surface area contributed by atoms with Crippen molar-refractivity contribution < 1.29 is 24.4 Å². The van der Waals surface area contributed by atoms with Crippen LogP contribution in [0.1, 0.15) is 5.56 Å². The predicted octanol–water partition coefficient (Wildman–Crippen LogP) is 1.94. The van der Waals surface area contributed by atoms with Gasteiger partial charge in [-0.15, -0.1) is 0 Å². The fourth-order valence-electron chi connectivity index (χ4n) is 2.53. The molecule has 6 nitrogen and oxygen atoms in total. The van der Waals surface area contributed by atoms with E-state index in [1.54, 1.807) is 13.2 Å². The molecule has 142 valence electrons. The number of rotatable bonds is 11. The lowest BCUT2D eigenvalue weighted by atomic mass is 10.2. The van der Waals surface area contributed by atoms with Gasteiger partial charge < -0.3 is 24.4 Å². The van der Waals surface area contributed by atoms with E-state index in [1.807, 2.05) is 54.4 Å². The molecule has 6 heteroatoms. The van der Waals surface area contributed by atoms with Gasteiger partial charge in [0.05, 0.1) is 13.7 Å². The van der Waals surface area contributed by atoms with E-state index in [2.05, 4.69) is 0 Å². The standard InChI is InChI=1S/C20H27NO5/c1-21(13-16-6-8-18(9-7-16)25-11-10-22)14-17(23)15-26-20-5-3-4-19(12-20)24-2/h3-9,12,17,22-23H,10-11,13-15H2,1-2H3/t17-/m0/s1. The predicted molar refractivity (Wildman–Crippen MR) is 99.9 cm³/mol. The first-order valence-corrected chi connectivity index (χ1v) is 8.56. The second-order valence-corrected chi connectivity index (χ2v) is 6.06. The Balaban J connectivity index is 1.74. The molecule has 2 rings (SSSR count). The van der Waals surface area contributed by atoms with Gasteiger partial charge in [-0.1, -0.05) is 18.2 Å². The maximum Gasteiger partial charge on any atom is 0.123 e. The first-order valence-electron chi connectivity index (χ1n) is 8.56. The van der Waals surface area contributed by atoms with Crippen LogP contribution >= 0.6 is 0 Å². The fraction of sp³-hybridized carbons (Fsp3) is 0.400. The van der Waals surface area contributed by atoms with E-state index in [9.17, 15) is 5.11 Å². The largest absolute Gasteiger partial charge is 0.497 e. The number of aliphatic hydroxyl groups excluding tert-OH is 2. The van der Waals surface area contributed by atoms with Gasteiger partial charge in [0.25, 0.3) is 0 Å². The summed E-state index contributed by atoms with van der Waals surface area (Å²) in [6.45, 7) is 1.70. The van der Waals surface area contributed by atoms with E-state index in [0.717, 1.165) is 17.1 Å². The Bertz CT molecular complexity index is 647. The van der Waals surface area contributed by atoms with Crippen molar-refractivity contribution in [3.8, 4) is 17.2 Å². The van der Waals surface area contributed by atoms with Crippen molar-refractivity contribution in [3.05, 3.63) is 54.1 Å². The number of methoxy groups -OCH3 is 1. The summed E-state index contributed by atoms with van der Waals surface area (Å²) in [5, 5.41) is 18.9. The van der Waals surface area contributed by atoms with E-state index < -0.39 is 6.10 Å². The highest BCUT2D eigenvalue weighted by Gasteiger charge is 2.10. The van der Waals surface area contributed by atoms with Crippen LogP contribution < -0.4 is 14.2 Å². The van der Waals surface area contributed by atoms with Gasteiger partial charge >= 0.3 is 0 Å². The lowest BCUT2D eigenvalue weighted by Crippen LogP contribution is -2.32. The number of likely N-dealkylation sites (N-methyl/N-ethyl adjacent to an activating group) is 1. The van der Waals surface area contributed by atoms with Gasteiger partial charge in [0.1, 0.15) is 36.6 Å². The van der Waals surface area contributed by atoms with E-state index in [-0.39, 0.29) is 13.2 Å². The smallest absolute Gasteiger partial charge is 0.123 e. The zero-order valence-electron chi connectivity index (χ0n) is 15.3. The Morgan fingerprint density at radius 3 is 2.42 bits per heavy atom. The van der Waals surface area contributed by atoms with Crippen LogP contribution in [0.4, 0.5) is 0 Å². The molecule has 2 aromatic rings. The summed E-state index contributed by atoms with van der Waals surface area (Å²) in [4.78, 5) is 2.03. The second kappa shape index (κ2) is 10.7. The first kappa shape index (κ1) is 20.0. The van der Waals surface area contributed by atoms with Crippen LogP contribution in [0, 0.1) is 0 Å². The van der Waals surface area contributed by atoms with Crippen LogP contribution in [0.3, 0.4) is 0 Å². The molecule has 0 saturated heterocycles. The van der Waals surface area contributed by atoms with Crippen LogP contribution in [0.5, 0.6) is 17.2 Å². The third kappa shape index (κ3) is 6.92. The van der Waals surface area contributed by atoms with Gasteiger partial charge in [0.2, 0.25) is 0 Å². The number of ether oxygens (including phenoxy) is 3. The molecule has 0 unspecified atom stereocenters. The molecule has 0 heterocycles. The fourth-order valence-corrected chi connectivity index (χ4v) is 2.53. The number of hydrogen-bond donors (Lipinski definition) is 2. The average molecular weight is 361 g/mol. The molecule has 1 atom stereocenters. The average Bonchev–Trinajstić information content (AvgIpc) is 2.66. The quantitative estimate of drug-likeness (QED) is 0.637. The Morgan fingerprint density at radius 2 is 1.73 bits per heavy atom. The normalized spacial score (nSPS) is 12.0. The summed E-state index contributed by atoms with van der Waals surface area (Å²) in [6.07, 6.45) is -0.599. The number of nitrogens with zero attached hydrogens (tertiary/aromatic N) is 1. The highest BCUT2D eigenvalue weighted by Crippen LogP contribution is 2.19. The van der Waals surface area contributed by atoms with Crippen LogP contribution in [0.25, 0.3) is 0 Å². The van der Waals surface area contributed by atoms with Crippen molar-refractivity contribution in [2.24, 2.45) is 0 Å². The highest BCUT2D eigenvalue weighted by molar-refractivity contribution is 5.32. The minimum Gasteiger partial charge on any atom is -0.497 e. The summed E-state index contributed by atoms with van der Waals surface area (Å²) in [6, 6.07) is 15.0. The summed E-state index contributed by atoms with van der Waals surface area (Å²) in [5.41, 5.74) is 1.12. The summed E-state index contributed by atoms with van der Waals surface area (Å²) >= 11 is 0. The Hall–Kier alpha value is -2.28. The van der Waals surface area contributed by atoms with Crippen molar-refractivity contribution in [1.82, 2.24) is 4.90 Å². The van der Waals surface area contributed by atoms with Gasteiger partial charge in [-0.05, 0) is 36.9 Å². The van der Waals surface area contributed by atoms with E-state index in [4.69, 9.17) is 19.3 Å². The molecule has 26 heavy (non-hydrogen) atoms. The van der Waals surface area contributed by atoms with Gasteiger partial charge in [0, 0.05) is 19.2 Å². The third-order valence-electron chi connectivity index (χ3n) is 3.74. The van der Waals surface area contributed by atoms with Crippen LogP contribution in [-0.4, -0.2) is 61.7 Å². The molecule has 0 aliphatic rings. The second-order valence-electron chi connectivity index (χ2n) is 6.06. The van der Waals surface area contributed by atoms with Crippen molar-refractivity contribution >= 4 is 0 Å². The van der Waals surface area contributed by atoms with Gasteiger partial charge in [-0.3, -0.25) is 4.90 Å². The lowest BCUT2D eigenvalue weighted by molar-refractivity contribution is 0.0743. The molecule has 0 aliphatic heterocycles. The minimum atomic E-state index is -0.599. The molecule has 0 bridgehead atoms. The van der Waals surface area contributed by atoms with Crippen molar-refractivity contribution in [2.75, 3.05) is 40.5 Å².